The van der Waals surface area contributed by atoms with E-state index in [1.807, 2.05) is 0 Å². The summed E-state index contributed by atoms with van der Waals surface area (Å²) in [5, 5.41) is 3.33. The zero-order valence-corrected chi connectivity index (χ0v) is 14.6. The third-order valence-electron chi connectivity index (χ3n) is 4.52. The average Bonchev–Trinajstić information content (AvgIpc) is 2.52. The third kappa shape index (κ3) is 4.35. The molecule has 1 unspecified atom stereocenters. The first-order chi connectivity index (χ1) is 11.4. The fourth-order valence-electron chi connectivity index (χ4n) is 3.34. The largest absolute Gasteiger partial charge is 0.385 e. The topological polar surface area (TPSA) is 46.2 Å². The maximum absolute atomic E-state index is 13.5. The van der Waals surface area contributed by atoms with Crippen LogP contribution >= 0.6 is 0 Å². The number of aryl methyl sites for hydroxylation is 1. The van der Waals surface area contributed by atoms with Gasteiger partial charge in [-0.3, -0.25) is 0 Å². The van der Waals surface area contributed by atoms with Crippen LogP contribution in [0.5, 0.6) is 0 Å². The van der Waals surface area contributed by atoms with Crippen LogP contribution in [0.4, 0.5) is 10.1 Å². The Kier molecular flexibility index (Phi) is 4.90. The molecule has 3 nitrogen and oxygen atoms in total. The Morgan fingerprint density at radius 2 is 1.92 bits per heavy atom. The number of fused-ring (bicyclic) bond motifs is 1. The molecule has 0 bridgehead atoms. The van der Waals surface area contributed by atoms with Gasteiger partial charge in [0.05, 0.1) is 5.75 Å². The molecule has 128 valence electrons. The van der Waals surface area contributed by atoms with Gasteiger partial charge in [-0.2, -0.15) is 0 Å². The van der Waals surface area contributed by atoms with Crippen molar-refractivity contribution in [1.29, 1.82) is 0 Å². The molecule has 0 aliphatic heterocycles. The van der Waals surface area contributed by atoms with Gasteiger partial charge in [-0.25, -0.2) is 12.8 Å². The second-order valence-corrected chi connectivity index (χ2v) is 8.77. The van der Waals surface area contributed by atoms with Crippen LogP contribution in [0.25, 0.3) is 0 Å². The molecule has 0 spiro atoms. The van der Waals surface area contributed by atoms with E-state index in [0.717, 1.165) is 25.8 Å². The normalized spacial score (nSPS) is 17.3. The molecule has 3 rings (SSSR count). The van der Waals surface area contributed by atoms with Gasteiger partial charge < -0.3 is 5.32 Å². The third-order valence-corrected chi connectivity index (χ3v) is 5.35. The molecule has 1 aliphatic carbocycles. The van der Waals surface area contributed by atoms with Crippen molar-refractivity contribution in [3.8, 4) is 0 Å². The highest BCUT2D eigenvalue weighted by Crippen LogP contribution is 2.26. The SMILES string of the molecule is CS(=O)(=O)Cc1cc(F)ccc1NCC1CCc2ccccc2C1. The fraction of sp³-hybridized carbons (Fsp3) is 0.368. The number of hydrogen-bond donors (Lipinski definition) is 1. The van der Waals surface area contributed by atoms with E-state index in [2.05, 4.69) is 29.6 Å². The summed E-state index contributed by atoms with van der Waals surface area (Å²) in [6.45, 7) is 0.761. The van der Waals surface area contributed by atoms with Crippen LogP contribution in [-0.2, 0) is 28.4 Å². The molecular weight excluding hydrogens is 325 g/mol. The highest BCUT2D eigenvalue weighted by molar-refractivity contribution is 7.89. The summed E-state index contributed by atoms with van der Waals surface area (Å²) in [7, 11) is -3.21. The van der Waals surface area contributed by atoms with E-state index in [4.69, 9.17) is 0 Å². The summed E-state index contributed by atoms with van der Waals surface area (Å²) in [6.07, 6.45) is 4.36. The first-order valence-electron chi connectivity index (χ1n) is 8.17. The van der Waals surface area contributed by atoms with Crippen molar-refractivity contribution < 1.29 is 12.8 Å². The van der Waals surface area contributed by atoms with Crippen LogP contribution < -0.4 is 5.32 Å². The van der Waals surface area contributed by atoms with E-state index in [9.17, 15) is 12.8 Å². The second kappa shape index (κ2) is 6.93. The summed E-state index contributed by atoms with van der Waals surface area (Å²) in [5.41, 5.74) is 4.02. The lowest BCUT2D eigenvalue weighted by Crippen LogP contribution is -2.22. The Bertz CT molecular complexity index is 833. The molecule has 0 radical (unpaired) electrons. The minimum atomic E-state index is -3.21. The zero-order valence-electron chi connectivity index (χ0n) is 13.8. The minimum Gasteiger partial charge on any atom is -0.385 e. The molecule has 5 heteroatoms. The Labute approximate surface area is 142 Å². The van der Waals surface area contributed by atoms with Gasteiger partial charge in [0.25, 0.3) is 0 Å². The number of nitrogens with one attached hydrogen (secondary N) is 1. The molecular formula is C19H22FNO2S. The highest BCUT2D eigenvalue weighted by Gasteiger charge is 2.19. The van der Waals surface area contributed by atoms with Crippen molar-refractivity contribution in [1.82, 2.24) is 0 Å². The van der Waals surface area contributed by atoms with Gasteiger partial charge in [-0.1, -0.05) is 24.3 Å². The van der Waals surface area contributed by atoms with E-state index >= 15 is 0 Å². The number of anilines is 1. The molecule has 1 aliphatic rings. The standard InChI is InChI=1S/C19H22FNO2S/c1-24(22,23)13-17-11-18(20)8-9-19(17)21-12-14-6-7-15-4-2-3-5-16(15)10-14/h2-5,8-9,11,14,21H,6-7,10,12-13H2,1H3. The predicted molar refractivity (Wildman–Crippen MR) is 95.4 cm³/mol. The van der Waals surface area contributed by atoms with Crippen LogP contribution in [0, 0.1) is 11.7 Å². The van der Waals surface area contributed by atoms with Gasteiger partial charge in [0.15, 0.2) is 9.84 Å². The maximum atomic E-state index is 13.5. The van der Waals surface area contributed by atoms with E-state index in [1.165, 1.54) is 29.5 Å². The lowest BCUT2D eigenvalue weighted by molar-refractivity contribution is 0.480. The van der Waals surface area contributed by atoms with Crippen molar-refractivity contribution >= 4 is 15.5 Å². The summed E-state index contributed by atoms with van der Waals surface area (Å²) in [5.74, 6) is -0.0672. The first-order valence-corrected chi connectivity index (χ1v) is 10.2. The van der Waals surface area contributed by atoms with Gasteiger partial charge >= 0.3 is 0 Å². The number of benzene rings is 2. The van der Waals surface area contributed by atoms with Crippen molar-refractivity contribution in [2.45, 2.75) is 25.0 Å². The van der Waals surface area contributed by atoms with E-state index in [-0.39, 0.29) is 5.75 Å². The van der Waals surface area contributed by atoms with Crippen molar-refractivity contribution in [2.24, 2.45) is 5.92 Å². The molecule has 0 saturated heterocycles. The average molecular weight is 347 g/mol. The van der Waals surface area contributed by atoms with Crippen molar-refractivity contribution in [3.05, 3.63) is 65.0 Å². The molecule has 0 amide bonds. The van der Waals surface area contributed by atoms with Gasteiger partial charge in [-0.15, -0.1) is 0 Å². The summed E-state index contributed by atoms with van der Waals surface area (Å²) < 4.78 is 36.6. The second-order valence-electron chi connectivity index (χ2n) is 6.63. The molecule has 2 aromatic rings. The maximum Gasteiger partial charge on any atom is 0.151 e. The van der Waals surface area contributed by atoms with Gasteiger partial charge in [-0.05, 0) is 60.1 Å². The smallest absolute Gasteiger partial charge is 0.151 e. The van der Waals surface area contributed by atoms with E-state index in [0.29, 0.717) is 17.2 Å². The predicted octanol–water partition coefficient (Wildman–Crippen LogP) is 3.59. The summed E-state index contributed by atoms with van der Waals surface area (Å²) in [6, 6.07) is 12.8. The lowest BCUT2D eigenvalue weighted by atomic mass is 9.84. The summed E-state index contributed by atoms with van der Waals surface area (Å²) in [4.78, 5) is 0. The Morgan fingerprint density at radius 1 is 1.17 bits per heavy atom. The minimum absolute atomic E-state index is 0.152. The first kappa shape index (κ1) is 17.0. The van der Waals surface area contributed by atoms with E-state index in [1.54, 1.807) is 6.07 Å². The van der Waals surface area contributed by atoms with Crippen molar-refractivity contribution in [2.75, 3.05) is 18.1 Å². The monoisotopic (exact) mass is 347 g/mol. The lowest BCUT2D eigenvalue weighted by Gasteiger charge is -2.25. The quantitative estimate of drug-likeness (QED) is 0.899. The van der Waals surface area contributed by atoms with E-state index < -0.39 is 15.7 Å². The molecule has 0 saturated carbocycles. The summed E-state index contributed by atoms with van der Waals surface area (Å²) >= 11 is 0. The number of hydrogen-bond acceptors (Lipinski definition) is 3. The molecule has 1 N–H and O–H groups in total. The van der Waals surface area contributed by atoms with Crippen LogP contribution in [0.3, 0.4) is 0 Å². The number of halogens is 1. The van der Waals surface area contributed by atoms with Gasteiger partial charge in [0.1, 0.15) is 5.82 Å². The molecule has 24 heavy (non-hydrogen) atoms. The molecule has 2 aromatic carbocycles. The Balaban J connectivity index is 1.69. The number of sulfone groups is 1. The molecule has 0 heterocycles. The molecule has 0 fully saturated rings. The van der Waals surface area contributed by atoms with Crippen LogP contribution in [0.2, 0.25) is 0 Å². The van der Waals surface area contributed by atoms with Crippen LogP contribution in [0.1, 0.15) is 23.1 Å². The zero-order chi connectivity index (χ0) is 17.2. The van der Waals surface area contributed by atoms with Crippen LogP contribution in [-0.4, -0.2) is 21.2 Å². The molecule has 0 aromatic heterocycles. The Hall–Kier alpha value is -1.88. The number of rotatable bonds is 5. The van der Waals surface area contributed by atoms with Crippen LogP contribution in [0.15, 0.2) is 42.5 Å². The molecule has 1 atom stereocenters. The van der Waals surface area contributed by atoms with Gasteiger partial charge in [0.2, 0.25) is 0 Å². The van der Waals surface area contributed by atoms with Gasteiger partial charge in [0, 0.05) is 18.5 Å². The highest BCUT2D eigenvalue weighted by atomic mass is 32.2. The van der Waals surface area contributed by atoms with Crippen molar-refractivity contribution in [3.63, 3.8) is 0 Å². The fourth-order valence-corrected chi connectivity index (χ4v) is 4.14. The Morgan fingerprint density at radius 3 is 2.67 bits per heavy atom.